The lowest BCUT2D eigenvalue weighted by Crippen LogP contribution is -2.43. The van der Waals surface area contributed by atoms with Crippen molar-refractivity contribution in [2.24, 2.45) is 11.8 Å². The summed E-state index contributed by atoms with van der Waals surface area (Å²) in [6.45, 7) is 4.85. The minimum absolute atomic E-state index is 0.0739. The first-order chi connectivity index (χ1) is 13.5. The quantitative estimate of drug-likeness (QED) is 0.726. The zero-order chi connectivity index (χ0) is 19.9. The molecule has 0 saturated heterocycles. The van der Waals surface area contributed by atoms with Crippen LogP contribution >= 0.6 is 11.3 Å². The molecule has 6 heteroatoms. The molecule has 1 aliphatic carbocycles. The minimum atomic E-state index is -0.182. The van der Waals surface area contributed by atoms with E-state index in [0.717, 1.165) is 36.9 Å². The van der Waals surface area contributed by atoms with Crippen molar-refractivity contribution in [1.82, 2.24) is 9.88 Å². The Hall–Kier alpha value is -2.21. The van der Waals surface area contributed by atoms with Crippen LogP contribution in [0.2, 0.25) is 0 Å². The fraction of sp³-hybridized carbons (Fsp3) is 0.500. The molecule has 2 amide bonds. The van der Waals surface area contributed by atoms with Crippen molar-refractivity contribution in [3.05, 3.63) is 35.7 Å². The molecule has 0 atom stereocenters. The van der Waals surface area contributed by atoms with Crippen molar-refractivity contribution in [2.45, 2.75) is 46.0 Å². The molecule has 0 aliphatic heterocycles. The van der Waals surface area contributed by atoms with E-state index in [1.165, 1.54) is 17.8 Å². The molecule has 2 aromatic rings. The molecule has 28 heavy (non-hydrogen) atoms. The highest BCUT2D eigenvalue weighted by Crippen LogP contribution is 2.26. The van der Waals surface area contributed by atoms with Gasteiger partial charge >= 0.3 is 0 Å². The summed E-state index contributed by atoms with van der Waals surface area (Å²) < 4.78 is 0. The van der Waals surface area contributed by atoms with E-state index >= 15 is 0 Å². The molecule has 1 saturated carbocycles. The molecular weight excluding hydrogens is 370 g/mol. The molecule has 1 heterocycles. The molecule has 0 radical (unpaired) electrons. The van der Waals surface area contributed by atoms with Crippen LogP contribution < -0.4 is 5.32 Å². The molecule has 1 aliphatic rings. The highest BCUT2D eigenvalue weighted by atomic mass is 32.1. The maximum absolute atomic E-state index is 12.9. The van der Waals surface area contributed by atoms with Crippen molar-refractivity contribution in [3.63, 3.8) is 0 Å². The number of thiazole rings is 1. The van der Waals surface area contributed by atoms with Crippen molar-refractivity contribution in [1.29, 1.82) is 0 Å². The lowest BCUT2D eigenvalue weighted by Gasteiger charge is -2.30. The third-order valence-corrected chi connectivity index (χ3v) is 5.76. The van der Waals surface area contributed by atoms with Gasteiger partial charge in [0.25, 0.3) is 0 Å². The Bertz CT molecular complexity index is 782. The number of nitrogens with one attached hydrogen (secondary N) is 1. The van der Waals surface area contributed by atoms with E-state index in [-0.39, 0.29) is 24.3 Å². The second kappa shape index (κ2) is 9.82. The maximum Gasteiger partial charge on any atom is 0.245 e. The van der Waals surface area contributed by atoms with Crippen LogP contribution in [0.3, 0.4) is 0 Å². The lowest BCUT2D eigenvalue weighted by molar-refractivity contribution is -0.139. The van der Waals surface area contributed by atoms with Crippen LogP contribution in [0.5, 0.6) is 0 Å². The predicted molar refractivity (Wildman–Crippen MR) is 114 cm³/mol. The first-order valence-electron chi connectivity index (χ1n) is 10.1. The van der Waals surface area contributed by atoms with Crippen LogP contribution in [0.1, 0.15) is 46.0 Å². The molecule has 1 N–H and O–H groups in total. The summed E-state index contributed by atoms with van der Waals surface area (Å²) in [7, 11) is 0. The van der Waals surface area contributed by atoms with E-state index in [1.807, 2.05) is 35.7 Å². The summed E-state index contributed by atoms with van der Waals surface area (Å²) in [4.78, 5) is 31.8. The van der Waals surface area contributed by atoms with Gasteiger partial charge < -0.3 is 10.2 Å². The molecule has 0 spiro atoms. The molecule has 0 unspecified atom stereocenters. The number of hydrogen-bond acceptors (Lipinski definition) is 4. The summed E-state index contributed by atoms with van der Waals surface area (Å²) in [5, 5.41) is 5.37. The van der Waals surface area contributed by atoms with Crippen LogP contribution in [0, 0.1) is 11.8 Å². The third kappa shape index (κ3) is 5.64. The standard InChI is InChI=1S/C22H29N3O2S/c1-16(2)13-25(21(27)18-11-7-4-8-12-18)14-20(26)24-22-23-19(15-28-22)17-9-5-3-6-10-17/h3,5-6,9-10,15-16,18H,4,7-8,11-14H2,1-2H3,(H,23,24,26). The van der Waals surface area contributed by atoms with Gasteiger partial charge in [-0.15, -0.1) is 11.3 Å². The minimum Gasteiger partial charge on any atom is -0.333 e. The number of aromatic nitrogens is 1. The van der Waals surface area contributed by atoms with Gasteiger partial charge in [0.2, 0.25) is 11.8 Å². The van der Waals surface area contributed by atoms with E-state index in [2.05, 4.69) is 24.1 Å². The largest absolute Gasteiger partial charge is 0.333 e. The first kappa shape index (κ1) is 20.5. The predicted octanol–water partition coefficient (Wildman–Crippen LogP) is 4.81. The second-order valence-electron chi connectivity index (χ2n) is 7.90. The molecule has 1 aromatic carbocycles. The van der Waals surface area contributed by atoms with Gasteiger partial charge in [-0.3, -0.25) is 9.59 Å². The number of benzene rings is 1. The Kier molecular flexibility index (Phi) is 7.20. The van der Waals surface area contributed by atoms with Crippen LogP contribution in [0.25, 0.3) is 11.3 Å². The van der Waals surface area contributed by atoms with E-state index in [4.69, 9.17) is 0 Å². The van der Waals surface area contributed by atoms with Crippen LogP contribution in [-0.2, 0) is 9.59 Å². The van der Waals surface area contributed by atoms with Gasteiger partial charge in [-0.2, -0.15) is 0 Å². The number of nitrogens with zero attached hydrogens (tertiary/aromatic N) is 2. The van der Waals surface area contributed by atoms with Crippen molar-refractivity contribution < 1.29 is 9.59 Å². The van der Waals surface area contributed by atoms with Crippen molar-refractivity contribution in [2.75, 3.05) is 18.4 Å². The fourth-order valence-corrected chi connectivity index (χ4v) is 4.42. The van der Waals surface area contributed by atoms with Crippen LogP contribution in [0.15, 0.2) is 35.7 Å². The average molecular weight is 400 g/mol. The van der Waals surface area contributed by atoms with Crippen molar-refractivity contribution >= 4 is 28.3 Å². The molecule has 1 fully saturated rings. The Labute approximate surface area is 171 Å². The van der Waals surface area contributed by atoms with Crippen LogP contribution in [0.4, 0.5) is 5.13 Å². The van der Waals surface area contributed by atoms with E-state index in [9.17, 15) is 9.59 Å². The van der Waals surface area contributed by atoms with Crippen LogP contribution in [-0.4, -0.2) is 34.8 Å². The molecule has 0 bridgehead atoms. The topological polar surface area (TPSA) is 62.3 Å². The molecule has 1 aromatic heterocycles. The number of amides is 2. The first-order valence-corrected chi connectivity index (χ1v) is 11.0. The fourth-order valence-electron chi connectivity index (χ4n) is 3.69. The monoisotopic (exact) mass is 399 g/mol. The Morgan fingerprint density at radius 3 is 2.57 bits per heavy atom. The van der Waals surface area contributed by atoms with Crippen molar-refractivity contribution in [3.8, 4) is 11.3 Å². The zero-order valence-electron chi connectivity index (χ0n) is 16.7. The SMILES string of the molecule is CC(C)CN(CC(=O)Nc1nc(-c2ccccc2)cs1)C(=O)C1CCCCC1. The Morgan fingerprint density at radius 2 is 1.89 bits per heavy atom. The Balaban J connectivity index is 1.62. The van der Waals surface area contributed by atoms with Gasteiger partial charge in [0, 0.05) is 23.4 Å². The summed E-state index contributed by atoms with van der Waals surface area (Å²) >= 11 is 1.40. The highest BCUT2D eigenvalue weighted by Gasteiger charge is 2.27. The normalized spacial score (nSPS) is 14.8. The average Bonchev–Trinajstić information content (AvgIpc) is 3.16. The third-order valence-electron chi connectivity index (χ3n) is 5.01. The van der Waals surface area contributed by atoms with Gasteiger partial charge in [-0.25, -0.2) is 4.98 Å². The van der Waals surface area contributed by atoms with Gasteiger partial charge in [0.1, 0.15) is 0 Å². The second-order valence-corrected chi connectivity index (χ2v) is 8.76. The number of carbonyl (C=O) groups excluding carboxylic acids is 2. The van der Waals surface area contributed by atoms with Gasteiger partial charge in [0.05, 0.1) is 12.2 Å². The number of hydrogen-bond donors (Lipinski definition) is 1. The summed E-state index contributed by atoms with van der Waals surface area (Å²) in [5.41, 5.74) is 1.87. The molecule has 150 valence electrons. The van der Waals surface area contributed by atoms with E-state index in [0.29, 0.717) is 17.6 Å². The molecule has 3 rings (SSSR count). The number of anilines is 1. The van der Waals surface area contributed by atoms with E-state index < -0.39 is 0 Å². The summed E-state index contributed by atoms with van der Waals surface area (Å²) in [6, 6.07) is 9.88. The lowest BCUT2D eigenvalue weighted by atomic mass is 9.88. The van der Waals surface area contributed by atoms with Gasteiger partial charge in [-0.1, -0.05) is 63.4 Å². The smallest absolute Gasteiger partial charge is 0.245 e. The van der Waals surface area contributed by atoms with Gasteiger partial charge in [0.15, 0.2) is 5.13 Å². The summed E-state index contributed by atoms with van der Waals surface area (Å²) in [5.74, 6) is 0.348. The van der Waals surface area contributed by atoms with Gasteiger partial charge in [-0.05, 0) is 18.8 Å². The maximum atomic E-state index is 12.9. The number of rotatable bonds is 7. The van der Waals surface area contributed by atoms with E-state index in [1.54, 1.807) is 4.90 Å². The highest BCUT2D eigenvalue weighted by molar-refractivity contribution is 7.14. The zero-order valence-corrected chi connectivity index (χ0v) is 17.5. The number of carbonyl (C=O) groups is 2. The molecule has 5 nitrogen and oxygen atoms in total. The Morgan fingerprint density at radius 1 is 1.18 bits per heavy atom. The molecular formula is C22H29N3O2S. The summed E-state index contributed by atoms with van der Waals surface area (Å²) in [6.07, 6.45) is 5.32.